The second kappa shape index (κ2) is 7.22. The van der Waals surface area contributed by atoms with Crippen LogP contribution in [-0.4, -0.2) is 30.6 Å². The van der Waals surface area contributed by atoms with E-state index < -0.39 is 17.3 Å². The molecule has 0 heterocycles. The van der Waals surface area contributed by atoms with Gasteiger partial charge in [-0.05, 0) is 31.9 Å². The summed E-state index contributed by atoms with van der Waals surface area (Å²) in [7, 11) is 1.63. The van der Waals surface area contributed by atoms with Crippen molar-refractivity contribution in [3.05, 3.63) is 35.4 Å². The molecule has 0 aliphatic carbocycles. The van der Waals surface area contributed by atoms with Crippen LogP contribution in [0.2, 0.25) is 0 Å². The lowest BCUT2D eigenvalue weighted by Crippen LogP contribution is -2.41. The van der Waals surface area contributed by atoms with Crippen LogP contribution in [0.5, 0.6) is 0 Å². The first-order valence-corrected chi connectivity index (χ1v) is 7.02. The maximum Gasteiger partial charge on any atom is 0.310 e. The van der Waals surface area contributed by atoms with Crippen LogP contribution < -0.4 is 10.6 Å². The Morgan fingerprint density at radius 2 is 1.81 bits per heavy atom. The number of hydrogen-bond donors (Lipinski definition) is 3. The summed E-state index contributed by atoms with van der Waals surface area (Å²) >= 11 is 0. The highest BCUT2D eigenvalue weighted by atomic mass is 16.4. The van der Waals surface area contributed by atoms with Gasteiger partial charge < -0.3 is 15.7 Å². The molecule has 1 aromatic carbocycles. The highest BCUT2D eigenvalue weighted by Crippen LogP contribution is 2.17. The van der Waals surface area contributed by atoms with E-state index in [1.54, 1.807) is 14.0 Å². The van der Waals surface area contributed by atoms with Gasteiger partial charge >= 0.3 is 5.97 Å². The Kier molecular flexibility index (Phi) is 5.90. The monoisotopic (exact) mass is 292 g/mol. The van der Waals surface area contributed by atoms with Crippen molar-refractivity contribution in [2.75, 3.05) is 13.6 Å². The van der Waals surface area contributed by atoms with Crippen LogP contribution >= 0.6 is 0 Å². The molecular formula is C16H24N2O3. The Morgan fingerprint density at radius 1 is 1.24 bits per heavy atom. The summed E-state index contributed by atoms with van der Waals surface area (Å²) in [6.07, 6.45) is 0. The van der Waals surface area contributed by atoms with E-state index in [4.69, 9.17) is 5.11 Å². The van der Waals surface area contributed by atoms with Gasteiger partial charge in [-0.1, -0.05) is 24.3 Å². The van der Waals surface area contributed by atoms with Crippen LogP contribution in [0.15, 0.2) is 24.3 Å². The fourth-order valence-corrected chi connectivity index (χ4v) is 2.00. The third-order valence-electron chi connectivity index (χ3n) is 3.59. The number of aliphatic carboxylic acids is 1. The van der Waals surface area contributed by atoms with E-state index in [0.717, 1.165) is 11.1 Å². The molecular weight excluding hydrogens is 268 g/mol. The van der Waals surface area contributed by atoms with Crippen LogP contribution in [-0.2, 0) is 16.1 Å². The third-order valence-corrected chi connectivity index (χ3v) is 3.59. The zero-order valence-electron chi connectivity index (χ0n) is 13.1. The molecule has 0 saturated carbocycles. The molecule has 3 N–H and O–H groups in total. The first-order chi connectivity index (χ1) is 9.77. The van der Waals surface area contributed by atoms with Gasteiger partial charge in [0.1, 0.15) is 0 Å². The number of carbonyl (C=O) groups excluding carboxylic acids is 1. The molecule has 0 radical (unpaired) electrons. The van der Waals surface area contributed by atoms with E-state index in [0.29, 0.717) is 13.1 Å². The Balaban J connectivity index is 2.54. The van der Waals surface area contributed by atoms with Gasteiger partial charge in [-0.15, -0.1) is 0 Å². The molecule has 0 saturated heterocycles. The van der Waals surface area contributed by atoms with Gasteiger partial charge in [-0.3, -0.25) is 9.59 Å². The number of carbonyl (C=O) groups is 2. The van der Waals surface area contributed by atoms with Crippen molar-refractivity contribution < 1.29 is 14.7 Å². The zero-order valence-corrected chi connectivity index (χ0v) is 13.1. The molecule has 5 nitrogen and oxygen atoms in total. The quantitative estimate of drug-likeness (QED) is 0.715. The van der Waals surface area contributed by atoms with Crippen molar-refractivity contribution >= 4 is 11.9 Å². The molecule has 1 atom stereocenters. The van der Waals surface area contributed by atoms with Crippen molar-refractivity contribution in [1.29, 1.82) is 0 Å². The first-order valence-electron chi connectivity index (χ1n) is 7.02. The third kappa shape index (κ3) is 4.86. The normalized spacial score (nSPS) is 12.8. The summed E-state index contributed by atoms with van der Waals surface area (Å²) in [6, 6.07) is 7.49. The van der Waals surface area contributed by atoms with Gasteiger partial charge in [0, 0.05) is 20.1 Å². The molecule has 21 heavy (non-hydrogen) atoms. The smallest absolute Gasteiger partial charge is 0.310 e. The Morgan fingerprint density at radius 3 is 2.29 bits per heavy atom. The van der Waals surface area contributed by atoms with Gasteiger partial charge in [0.15, 0.2) is 0 Å². The number of rotatable bonds is 7. The minimum Gasteiger partial charge on any atom is -0.481 e. The SMILES string of the molecule is CNC(=O)C(C)(C)CNCc1ccc(C(C)C(=O)O)cc1. The topological polar surface area (TPSA) is 78.4 Å². The molecule has 0 spiro atoms. The maximum atomic E-state index is 11.7. The Hall–Kier alpha value is -1.88. The molecule has 1 unspecified atom stereocenters. The fraction of sp³-hybridized carbons (Fsp3) is 0.500. The van der Waals surface area contributed by atoms with Gasteiger partial charge in [0.25, 0.3) is 0 Å². The number of nitrogens with one attached hydrogen (secondary N) is 2. The molecule has 1 rings (SSSR count). The van der Waals surface area contributed by atoms with Gasteiger partial charge in [0.2, 0.25) is 5.91 Å². The molecule has 0 aliphatic heterocycles. The van der Waals surface area contributed by atoms with Crippen LogP contribution in [0.3, 0.4) is 0 Å². The number of hydrogen-bond acceptors (Lipinski definition) is 3. The summed E-state index contributed by atoms with van der Waals surface area (Å²) in [4.78, 5) is 22.6. The van der Waals surface area contributed by atoms with Crippen molar-refractivity contribution in [2.24, 2.45) is 5.41 Å². The van der Waals surface area contributed by atoms with Crippen LogP contribution in [0.4, 0.5) is 0 Å². The predicted octanol–water partition coefficient (Wildman–Crippen LogP) is 1.74. The molecule has 0 aliphatic rings. The first kappa shape index (κ1) is 17.2. The molecule has 1 aromatic rings. The molecule has 0 aromatic heterocycles. The Labute approximate surface area is 125 Å². The molecule has 5 heteroatoms. The Bertz CT molecular complexity index is 495. The van der Waals surface area contributed by atoms with Crippen molar-refractivity contribution in [3.63, 3.8) is 0 Å². The number of amides is 1. The summed E-state index contributed by atoms with van der Waals surface area (Å²) in [5.74, 6) is -1.33. The lowest BCUT2D eigenvalue weighted by molar-refractivity contribution is -0.138. The van der Waals surface area contributed by atoms with Crippen LogP contribution in [0.25, 0.3) is 0 Å². The number of carboxylic acids is 1. The molecule has 116 valence electrons. The second-order valence-corrected chi connectivity index (χ2v) is 5.87. The standard InChI is InChI=1S/C16H24N2O3/c1-11(14(19)20)13-7-5-12(6-8-13)9-18-10-16(2,3)15(21)17-4/h5-8,11,18H,9-10H2,1-4H3,(H,17,21)(H,19,20). The van der Waals surface area contributed by atoms with Crippen LogP contribution in [0.1, 0.15) is 37.8 Å². The maximum absolute atomic E-state index is 11.7. The van der Waals surface area contributed by atoms with Crippen molar-refractivity contribution in [3.8, 4) is 0 Å². The van der Waals surface area contributed by atoms with E-state index in [2.05, 4.69) is 10.6 Å². The highest BCUT2D eigenvalue weighted by Gasteiger charge is 2.25. The summed E-state index contributed by atoms with van der Waals surface area (Å²) in [5.41, 5.74) is 1.38. The van der Waals surface area contributed by atoms with E-state index >= 15 is 0 Å². The van der Waals surface area contributed by atoms with Crippen molar-refractivity contribution in [1.82, 2.24) is 10.6 Å². The van der Waals surface area contributed by atoms with E-state index in [-0.39, 0.29) is 5.91 Å². The predicted molar refractivity (Wildman–Crippen MR) is 82.0 cm³/mol. The number of benzene rings is 1. The van der Waals surface area contributed by atoms with Crippen molar-refractivity contribution in [2.45, 2.75) is 33.2 Å². The summed E-state index contributed by atoms with van der Waals surface area (Å²) < 4.78 is 0. The average Bonchev–Trinajstić information content (AvgIpc) is 2.46. The summed E-state index contributed by atoms with van der Waals surface area (Å²) in [6.45, 7) is 6.65. The summed E-state index contributed by atoms with van der Waals surface area (Å²) in [5, 5.41) is 14.9. The molecule has 0 bridgehead atoms. The van der Waals surface area contributed by atoms with Gasteiger partial charge in [0.05, 0.1) is 11.3 Å². The fourth-order valence-electron chi connectivity index (χ4n) is 2.00. The van der Waals surface area contributed by atoms with Gasteiger partial charge in [-0.2, -0.15) is 0 Å². The minimum atomic E-state index is -0.826. The highest BCUT2D eigenvalue weighted by molar-refractivity contribution is 5.81. The largest absolute Gasteiger partial charge is 0.481 e. The lowest BCUT2D eigenvalue weighted by atomic mass is 9.92. The number of carboxylic acid groups (broad SMARTS) is 1. The lowest BCUT2D eigenvalue weighted by Gasteiger charge is -2.23. The molecule has 0 fully saturated rings. The average molecular weight is 292 g/mol. The van der Waals surface area contributed by atoms with E-state index in [9.17, 15) is 9.59 Å². The zero-order chi connectivity index (χ0) is 16.0. The van der Waals surface area contributed by atoms with E-state index in [1.165, 1.54) is 0 Å². The van der Waals surface area contributed by atoms with Gasteiger partial charge in [-0.25, -0.2) is 0 Å². The minimum absolute atomic E-state index is 0.000584. The van der Waals surface area contributed by atoms with Crippen LogP contribution in [0, 0.1) is 5.41 Å². The van der Waals surface area contributed by atoms with E-state index in [1.807, 2.05) is 38.1 Å². The second-order valence-electron chi connectivity index (χ2n) is 5.87. The molecule has 1 amide bonds.